The molecule has 0 saturated carbocycles. The molecule has 0 aromatic heterocycles. The number of nitrogens with one attached hydrogen (secondary N) is 1. The molecule has 5 aromatic carbocycles. The molecule has 0 bridgehead atoms. The lowest BCUT2D eigenvalue weighted by atomic mass is 9.82. The van der Waals surface area contributed by atoms with Gasteiger partial charge >= 0.3 is 0 Å². The molecule has 32 heavy (non-hydrogen) atoms. The molecule has 0 unspecified atom stereocenters. The second-order valence-corrected chi connectivity index (χ2v) is 9.13. The fourth-order valence-electron chi connectivity index (χ4n) is 5.26. The van der Waals surface area contributed by atoms with E-state index in [-0.39, 0.29) is 5.41 Å². The summed E-state index contributed by atoms with van der Waals surface area (Å²) in [5.74, 6) is 0. The van der Waals surface area contributed by atoms with Crippen LogP contribution in [0.25, 0.3) is 33.0 Å². The predicted molar refractivity (Wildman–Crippen MR) is 137 cm³/mol. The van der Waals surface area contributed by atoms with Crippen molar-refractivity contribution in [2.24, 2.45) is 0 Å². The van der Waals surface area contributed by atoms with Crippen molar-refractivity contribution in [3.8, 4) is 22.3 Å². The van der Waals surface area contributed by atoms with E-state index in [0.717, 1.165) is 11.4 Å². The summed E-state index contributed by atoms with van der Waals surface area (Å²) in [6.45, 7) is 4.64. The molecule has 0 amide bonds. The minimum absolute atomic E-state index is 0.00835. The highest BCUT2D eigenvalue weighted by atomic mass is 14.9. The molecule has 6 rings (SSSR count). The van der Waals surface area contributed by atoms with Crippen LogP contribution in [0.3, 0.4) is 0 Å². The van der Waals surface area contributed by atoms with E-state index >= 15 is 0 Å². The SMILES string of the molecule is CC1(C)c2ccccc2-c2c(Nc3cccc(-c4cccc5ccccc45)c3)cccc21. The van der Waals surface area contributed by atoms with Crippen LogP contribution in [0.2, 0.25) is 0 Å². The Morgan fingerprint density at radius 2 is 1.28 bits per heavy atom. The third-order valence-electron chi connectivity index (χ3n) is 6.85. The quantitative estimate of drug-likeness (QED) is 0.313. The number of hydrogen-bond donors (Lipinski definition) is 1. The summed E-state index contributed by atoms with van der Waals surface area (Å²) in [6, 6.07) is 39.3. The molecule has 1 N–H and O–H groups in total. The van der Waals surface area contributed by atoms with E-state index in [2.05, 4.69) is 128 Å². The fourth-order valence-corrected chi connectivity index (χ4v) is 5.26. The average Bonchev–Trinajstić information content (AvgIpc) is 3.07. The van der Waals surface area contributed by atoms with Crippen molar-refractivity contribution in [2.45, 2.75) is 19.3 Å². The van der Waals surface area contributed by atoms with E-state index in [9.17, 15) is 0 Å². The largest absolute Gasteiger partial charge is 0.355 e. The summed E-state index contributed by atoms with van der Waals surface area (Å²) in [5, 5.41) is 6.29. The maximum Gasteiger partial charge on any atom is 0.0467 e. The van der Waals surface area contributed by atoms with E-state index in [1.54, 1.807) is 0 Å². The normalized spacial score (nSPS) is 13.6. The third-order valence-corrected chi connectivity index (χ3v) is 6.85. The lowest BCUT2D eigenvalue weighted by molar-refractivity contribution is 0.660. The second-order valence-electron chi connectivity index (χ2n) is 9.13. The van der Waals surface area contributed by atoms with Crippen LogP contribution in [-0.4, -0.2) is 0 Å². The Balaban J connectivity index is 1.45. The molecule has 0 atom stereocenters. The summed E-state index contributed by atoms with van der Waals surface area (Å²) in [4.78, 5) is 0. The van der Waals surface area contributed by atoms with Crippen molar-refractivity contribution in [3.05, 3.63) is 120 Å². The van der Waals surface area contributed by atoms with Gasteiger partial charge in [0.05, 0.1) is 0 Å². The van der Waals surface area contributed by atoms with Crippen LogP contribution in [0.15, 0.2) is 109 Å². The highest BCUT2D eigenvalue weighted by molar-refractivity contribution is 5.97. The summed E-state index contributed by atoms with van der Waals surface area (Å²) in [5.41, 5.74) is 10.2. The van der Waals surface area contributed by atoms with Gasteiger partial charge < -0.3 is 5.32 Å². The summed E-state index contributed by atoms with van der Waals surface area (Å²) < 4.78 is 0. The summed E-state index contributed by atoms with van der Waals surface area (Å²) in [7, 11) is 0. The Hall–Kier alpha value is -3.84. The summed E-state index contributed by atoms with van der Waals surface area (Å²) >= 11 is 0. The van der Waals surface area contributed by atoms with Gasteiger partial charge in [-0.15, -0.1) is 0 Å². The van der Waals surface area contributed by atoms with Gasteiger partial charge in [-0.2, -0.15) is 0 Å². The lowest BCUT2D eigenvalue weighted by Crippen LogP contribution is -2.14. The van der Waals surface area contributed by atoms with Gasteiger partial charge in [-0.25, -0.2) is 0 Å². The molecular formula is C31H25N. The zero-order valence-corrected chi connectivity index (χ0v) is 18.4. The van der Waals surface area contributed by atoms with Crippen LogP contribution in [0.5, 0.6) is 0 Å². The first-order chi connectivity index (χ1) is 15.6. The van der Waals surface area contributed by atoms with Gasteiger partial charge in [0.1, 0.15) is 0 Å². The first-order valence-corrected chi connectivity index (χ1v) is 11.2. The van der Waals surface area contributed by atoms with E-state index in [1.807, 2.05) is 0 Å². The molecule has 0 saturated heterocycles. The number of benzene rings is 5. The topological polar surface area (TPSA) is 12.0 Å². The Bertz CT molecular complexity index is 1470. The number of fused-ring (bicyclic) bond motifs is 4. The maximum absolute atomic E-state index is 3.74. The van der Waals surface area contributed by atoms with Crippen molar-refractivity contribution >= 4 is 22.1 Å². The first-order valence-electron chi connectivity index (χ1n) is 11.2. The first kappa shape index (κ1) is 18.9. The molecule has 0 heterocycles. The molecule has 0 spiro atoms. The standard InChI is InChI=1S/C31H25N/c1-31(2)27-17-6-5-15-26(27)30-28(31)18-9-19-29(30)32-23-13-7-12-22(20-23)25-16-8-11-21-10-3-4-14-24(21)25/h3-20,32H,1-2H3. The Kier molecular flexibility index (Phi) is 4.19. The lowest BCUT2D eigenvalue weighted by Gasteiger charge is -2.21. The number of anilines is 2. The molecule has 0 radical (unpaired) electrons. The van der Waals surface area contributed by atoms with Crippen LogP contribution >= 0.6 is 0 Å². The van der Waals surface area contributed by atoms with Gasteiger partial charge in [-0.05, 0) is 56.8 Å². The number of rotatable bonds is 3. The van der Waals surface area contributed by atoms with Crippen molar-refractivity contribution < 1.29 is 0 Å². The number of hydrogen-bond acceptors (Lipinski definition) is 1. The van der Waals surface area contributed by atoms with E-state index in [1.165, 1.54) is 44.2 Å². The van der Waals surface area contributed by atoms with Crippen LogP contribution in [-0.2, 0) is 5.41 Å². The average molecular weight is 412 g/mol. The third kappa shape index (κ3) is 2.85. The van der Waals surface area contributed by atoms with E-state index in [0.29, 0.717) is 0 Å². The van der Waals surface area contributed by atoms with Crippen LogP contribution < -0.4 is 5.32 Å². The van der Waals surface area contributed by atoms with Crippen LogP contribution in [0.1, 0.15) is 25.0 Å². The van der Waals surface area contributed by atoms with Crippen molar-refractivity contribution in [1.29, 1.82) is 0 Å². The molecular weight excluding hydrogens is 386 g/mol. The molecule has 0 fully saturated rings. The smallest absolute Gasteiger partial charge is 0.0467 e. The zero-order valence-electron chi connectivity index (χ0n) is 18.4. The second kappa shape index (κ2) is 7.10. The summed E-state index contributed by atoms with van der Waals surface area (Å²) in [6.07, 6.45) is 0. The van der Waals surface area contributed by atoms with Gasteiger partial charge in [0.15, 0.2) is 0 Å². The van der Waals surface area contributed by atoms with Gasteiger partial charge in [-0.3, -0.25) is 0 Å². The van der Waals surface area contributed by atoms with Crippen molar-refractivity contribution in [1.82, 2.24) is 0 Å². The fraction of sp³-hybridized carbons (Fsp3) is 0.0968. The van der Waals surface area contributed by atoms with Gasteiger partial charge in [0.25, 0.3) is 0 Å². The van der Waals surface area contributed by atoms with Gasteiger partial charge in [-0.1, -0.05) is 105 Å². The minimum atomic E-state index is 0.00835. The molecule has 0 aliphatic heterocycles. The van der Waals surface area contributed by atoms with Crippen molar-refractivity contribution in [2.75, 3.05) is 5.32 Å². The molecule has 154 valence electrons. The molecule has 1 aliphatic rings. The van der Waals surface area contributed by atoms with Crippen molar-refractivity contribution in [3.63, 3.8) is 0 Å². The van der Waals surface area contributed by atoms with Gasteiger partial charge in [0.2, 0.25) is 0 Å². The highest BCUT2D eigenvalue weighted by Crippen LogP contribution is 2.51. The zero-order chi connectivity index (χ0) is 21.7. The Morgan fingerprint density at radius 1 is 0.594 bits per heavy atom. The monoisotopic (exact) mass is 411 g/mol. The minimum Gasteiger partial charge on any atom is -0.355 e. The van der Waals surface area contributed by atoms with Crippen LogP contribution in [0, 0.1) is 0 Å². The highest BCUT2D eigenvalue weighted by Gasteiger charge is 2.36. The molecule has 1 nitrogen and oxygen atoms in total. The maximum atomic E-state index is 3.74. The van der Waals surface area contributed by atoms with Crippen LogP contribution in [0.4, 0.5) is 11.4 Å². The Labute approximate surface area is 189 Å². The molecule has 5 aromatic rings. The predicted octanol–water partition coefficient (Wildman–Crippen LogP) is 8.56. The van der Waals surface area contributed by atoms with E-state index in [4.69, 9.17) is 0 Å². The molecule has 1 heteroatoms. The van der Waals surface area contributed by atoms with Gasteiger partial charge in [0, 0.05) is 22.4 Å². The van der Waals surface area contributed by atoms with E-state index < -0.39 is 0 Å². The molecule has 1 aliphatic carbocycles. The Morgan fingerprint density at radius 3 is 2.22 bits per heavy atom.